The Bertz CT molecular complexity index is 1150. The van der Waals surface area contributed by atoms with E-state index in [9.17, 15) is 4.79 Å². The Labute approximate surface area is 187 Å². The summed E-state index contributed by atoms with van der Waals surface area (Å²) in [6.07, 6.45) is 8.13. The smallest absolute Gasteiger partial charge is 0.261 e. The zero-order valence-electron chi connectivity index (χ0n) is 17.6. The molecule has 0 atom stereocenters. The lowest BCUT2D eigenvalue weighted by Crippen LogP contribution is -2.27. The quantitative estimate of drug-likeness (QED) is 0.512. The van der Waals surface area contributed by atoms with Gasteiger partial charge in [-0.05, 0) is 42.2 Å². The van der Waals surface area contributed by atoms with Crippen LogP contribution in [0.1, 0.15) is 34.5 Å². The van der Waals surface area contributed by atoms with Crippen molar-refractivity contribution in [2.45, 2.75) is 19.4 Å². The SMILES string of the molecule is COc1c(C(=O)N(C)Cc2ccccc2Cl)c(C2=CCCC=C2)nn1-c1ccccc1. The Morgan fingerprint density at radius 1 is 1.13 bits per heavy atom. The van der Waals surface area contributed by atoms with Crippen molar-refractivity contribution in [2.24, 2.45) is 0 Å². The van der Waals surface area contributed by atoms with Crippen LogP contribution in [0.15, 0.2) is 72.8 Å². The fourth-order valence-corrected chi connectivity index (χ4v) is 3.86. The normalized spacial score (nSPS) is 13.1. The van der Waals surface area contributed by atoms with Crippen LogP contribution in [0.5, 0.6) is 5.88 Å². The molecule has 1 aromatic heterocycles. The molecule has 158 valence electrons. The first-order chi connectivity index (χ1) is 15.1. The molecule has 0 fully saturated rings. The summed E-state index contributed by atoms with van der Waals surface area (Å²) in [7, 11) is 3.33. The minimum atomic E-state index is -0.172. The van der Waals surface area contributed by atoms with Crippen LogP contribution in [-0.2, 0) is 6.54 Å². The number of rotatable bonds is 6. The van der Waals surface area contributed by atoms with E-state index in [4.69, 9.17) is 21.4 Å². The molecule has 0 spiro atoms. The van der Waals surface area contributed by atoms with E-state index in [2.05, 4.69) is 12.2 Å². The number of hydrogen-bond acceptors (Lipinski definition) is 3. The number of aromatic nitrogens is 2. The van der Waals surface area contributed by atoms with Crippen molar-refractivity contribution in [3.8, 4) is 11.6 Å². The summed E-state index contributed by atoms with van der Waals surface area (Å²) in [6.45, 7) is 0.381. The predicted octanol–water partition coefficient (Wildman–Crippen LogP) is 5.54. The number of nitrogens with zero attached hydrogens (tertiary/aromatic N) is 3. The molecule has 0 saturated carbocycles. The van der Waals surface area contributed by atoms with E-state index in [-0.39, 0.29) is 5.91 Å². The molecule has 1 aliphatic carbocycles. The van der Waals surface area contributed by atoms with Crippen LogP contribution in [0.4, 0.5) is 0 Å². The van der Waals surface area contributed by atoms with Crippen molar-refractivity contribution in [1.29, 1.82) is 0 Å². The highest BCUT2D eigenvalue weighted by Gasteiger charge is 2.29. The molecule has 0 saturated heterocycles. The van der Waals surface area contributed by atoms with E-state index in [0.29, 0.717) is 28.7 Å². The molecule has 6 heteroatoms. The maximum atomic E-state index is 13.6. The van der Waals surface area contributed by atoms with Gasteiger partial charge >= 0.3 is 0 Å². The summed E-state index contributed by atoms with van der Waals surface area (Å²) in [5.74, 6) is 0.242. The van der Waals surface area contributed by atoms with Crippen molar-refractivity contribution in [1.82, 2.24) is 14.7 Å². The molecule has 1 heterocycles. The van der Waals surface area contributed by atoms with Crippen LogP contribution in [-0.4, -0.2) is 34.7 Å². The number of halogens is 1. The standard InChI is InChI=1S/C25H24ClN3O2/c1-28(17-19-13-9-10-16-21(19)26)24(30)22-23(18-11-5-3-6-12-18)27-29(25(22)31-2)20-14-7-4-8-15-20/h4-5,7-16H,3,6,17H2,1-2H3. The Morgan fingerprint density at radius 3 is 2.55 bits per heavy atom. The summed E-state index contributed by atoms with van der Waals surface area (Å²) in [5.41, 5.74) is 3.70. The van der Waals surface area contributed by atoms with Crippen LogP contribution in [0.25, 0.3) is 11.3 Å². The van der Waals surface area contributed by atoms with Crippen LogP contribution < -0.4 is 4.74 Å². The van der Waals surface area contributed by atoms with E-state index in [1.54, 1.807) is 23.7 Å². The van der Waals surface area contributed by atoms with Gasteiger partial charge in [0.15, 0.2) is 0 Å². The van der Waals surface area contributed by atoms with E-state index in [1.807, 2.05) is 60.7 Å². The van der Waals surface area contributed by atoms with Gasteiger partial charge in [-0.25, -0.2) is 0 Å². The third kappa shape index (κ3) is 4.28. The molecule has 0 unspecified atom stereocenters. The van der Waals surface area contributed by atoms with E-state index in [1.165, 1.54) is 0 Å². The van der Waals surface area contributed by atoms with Gasteiger partial charge in [0, 0.05) is 18.6 Å². The van der Waals surface area contributed by atoms with E-state index < -0.39 is 0 Å². The summed E-state index contributed by atoms with van der Waals surface area (Å²) in [5, 5.41) is 5.43. The lowest BCUT2D eigenvalue weighted by Gasteiger charge is -2.19. The molecular weight excluding hydrogens is 410 g/mol. The minimum absolute atomic E-state index is 0.172. The number of amides is 1. The average Bonchev–Trinajstić information content (AvgIpc) is 3.21. The fraction of sp³-hybridized carbons (Fsp3) is 0.200. The molecule has 1 aliphatic rings. The summed E-state index contributed by atoms with van der Waals surface area (Å²) < 4.78 is 7.41. The van der Waals surface area contributed by atoms with Gasteiger partial charge in [0.25, 0.3) is 5.91 Å². The minimum Gasteiger partial charge on any atom is -0.480 e. The molecule has 4 rings (SSSR count). The van der Waals surface area contributed by atoms with Gasteiger partial charge in [0.2, 0.25) is 5.88 Å². The molecule has 3 aromatic rings. The third-order valence-corrected chi connectivity index (χ3v) is 5.60. The second kappa shape index (κ2) is 9.23. The lowest BCUT2D eigenvalue weighted by molar-refractivity contribution is 0.0781. The van der Waals surface area contributed by atoms with Crippen molar-refractivity contribution in [3.05, 3.63) is 94.7 Å². The Balaban J connectivity index is 1.80. The Kier molecular flexibility index (Phi) is 6.23. The molecule has 2 aromatic carbocycles. The molecule has 1 amide bonds. The van der Waals surface area contributed by atoms with Gasteiger partial charge in [-0.15, -0.1) is 0 Å². The lowest BCUT2D eigenvalue weighted by atomic mass is 10.0. The topological polar surface area (TPSA) is 47.4 Å². The van der Waals surface area contributed by atoms with Crippen molar-refractivity contribution < 1.29 is 9.53 Å². The highest BCUT2D eigenvalue weighted by atomic mass is 35.5. The number of carbonyl (C=O) groups excluding carboxylic acids is 1. The Hall–Kier alpha value is -3.31. The number of para-hydroxylation sites is 1. The van der Waals surface area contributed by atoms with Gasteiger partial charge in [-0.1, -0.05) is 66.2 Å². The first-order valence-corrected chi connectivity index (χ1v) is 10.6. The molecule has 5 nitrogen and oxygen atoms in total. The van der Waals surface area contributed by atoms with Crippen LogP contribution in [0.2, 0.25) is 5.02 Å². The maximum absolute atomic E-state index is 13.6. The van der Waals surface area contributed by atoms with E-state index in [0.717, 1.165) is 29.7 Å². The van der Waals surface area contributed by atoms with Crippen molar-refractivity contribution in [2.75, 3.05) is 14.2 Å². The predicted molar refractivity (Wildman–Crippen MR) is 124 cm³/mol. The summed E-state index contributed by atoms with van der Waals surface area (Å²) in [4.78, 5) is 15.3. The number of benzene rings is 2. The molecule has 0 N–H and O–H groups in total. The van der Waals surface area contributed by atoms with Gasteiger partial charge in [0.1, 0.15) is 11.3 Å². The van der Waals surface area contributed by atoms with E-state index >= 15 is 0 Å². The summed E-state index contributed by atoms with van der Waals surface area (Å²) >= 11 is 6.32. The first-order valence-electron chi connectivity index (χ1n) is 10.2. The Morgan fingerprint density at radius 2 is 1.87 bits per heavy atom. The number of carbonyl (C=O) groups is 1. The van der Waals surface area contributed by atoms with Crippen LogP contribution >= 0.6 is 11.6 Å². The molecular formula is C25H24ClN3O2. The highest BCUT2D eigenvalue weighted by Crippen LogP contribution is 2.33. The number of ether oxygens (including phenoxy) is 1. The number of methoxy groups -OCH3 is 1. The fourth-order valence-electron chi connectivity index (χ4n) is 3.66. The molecule has 0 radical (unpaired) electrons. The van der Waals surface area contributed by atoms with Gasteiger partial charge in [0.05, 0.1) is 12.8 Å². The van der Waals surface area contributed by atoms with Gasteiger partial charge in [-0.2, -0.15) is 9.78 Å². The monoisotopic (exact) mass is 433 g/mol. The second-order valence-corrected chi connectivity index (χ2v) is 7.78. The summed E-state index contributed by atoms with van der Waals surface area (Å²) in [6, 6.07) is 17.2. The van der Waals surface area contributed by atoms with Gasteiger partial charge in [-0.3, -0.25) is 4.79 Å². The maximum Gasteiger partial charge on any atom is 0.261 e. The van der Waals surface area contributed by atoms with Gasteiger partial charge < -0.3 is 9.64 Å². The number of allylic oxidation sites excluding steroid dienone is 4. The third-order valence-electron chi connectivity index (χ3n) is 5.23. The number of hydrogen-bond donors (Lipinski definition) is 0. The van der Waals surface area contributed by atoms with Crippen LogP contribution in [0.3, 0.4) is 0 Å². The van der Waals surface area contributed by atoms with Crippen LogP contribution in [0, 0.1) is 0 Å². The molecule has 0 aliphatic heterocycles. The molecule has 0 bridgehead atoms. The molecule has 31 heavy (non-hydrogen) atoms. The average molecular weight is 434 g/mol. The van der Waals surface area contributed by atoms with Crippen molar-refractivity contribution >= 4 is 23.1 Å². The zero-order valence-corrected chi connectivity index (χ0v) is 18.3. The van der Waals surface area contributed by atoms with Crippen molar-refractivity contribution in [3.63, 3.8) is 0 Å². The largest absolute Gasteiger partial charge is 0.480 e. The second-order valence-electron chi connectivity index (χ2n) is 7.37. The zero-order chi connectivity index (χ0) is 21.8. The first kappa shape index (κ1) is 20.9. The highest BCUT2D eigenvalue weighted by molar-refractivity contribution is 6.31.